The molecule has 1 rings (SSSR count). The molecule has 4 nitrogen and oxygen atoms in total. The molecule has 0 saturated carbocycles. The van der Waals surface area contributed by atoms with Crippen molar-refractivity contribution >= 4 is 0 Å². The first-order chi connectivity index (χ1) is 8.10. The Labute approximate surface area is 105 Å². The van der Waals surface area contributed by atoms with E-state index in [9.17, 15) is 0 Å². The first kappa shape index (κ1) is 14.4. The molecule has 0 aliphatic carbocycles. The third-order valence-corrected chi connectivity index (χ3v) is 3.51. The average Bonchev–Trinajstić information content (AvgIpc) is 2.35. The second-order valence-corrected chi connectivity index (χ2v) is 5.20. The molecule has 1 aliphatic heterocycles. The molecule has 1 heterocycles. The van der Waals surface area contributed by atoms with E-state index in [1.54, 1.807) is 7.11 Å². The van der Waals surface area contributed by atoms with Crippen LogP contribution in [0.2, 0.25) is 0 Å². The maximum Gasteiger partial charge on any atom is 0.103 e. The third-order valence-electron chi connectivity index (χ3n) is 3.51. The zero-order valence-corrected chi connectivity index (χ0v) is 11.4. The van der Waals surface area contributed by atoms with E-state index in [0.29, 0.717) is 0 Å². The predicted molar refractivity (Wildman–Crippen MR) is 68.8 cm³/mol. The van der Waals surface area contributed by atoms with Gasteiger partial charge in [0.15, 0.2) is 0 Å². The predicted octanol–water partition coefficient (Wildman–Crippen LogP) is 1.33. The Morgan fingerprint density at radius 3 is 2.35 bits per heavy atom. The zero-order chi connectivity index (χ0) is 12.7. The Bertz CT molecular complexity index is 252. The molecule has 4 heteroatoms. The highest BCUT2D eigenvalue weighted by atomic mass is 16.5. The minimum atomic E-state index is -0.317. The summed E-state index contributed by atoms with van der Waals surface area (Å²) in [5, 5.41) is 9.09. The minimum absolute atomic E-state index is 0.317. The van der Waals surface area contributed by atoms with Crippen LogP contribution in [0.5, 0.6) is 0 Å². The smallest absolute Gasteiger partial charge is 0.103 e. The van der Waals surface area contributed by atoms with Crippen LogP contribution in [0.3, 0.4) is 0 Å². The maximum absolute atomic E-state index is 9.09. The molecule has 0 N–H and O–H groups in total. The highest BCUT2D eigenvalue weighted by Gasteiger charge is 2.29. The SMILES string of the molecule is COCCCCN1CCN(C(C)(C)C#N)CC1. The van der Waals surface area contributed by atoms with E-state index in [4.69, 9.17) is 10.00 Å². The summed E-state index contributed by atoms with van der Waals surface area (Å²) >= 11 is 0. The third kappa shape index (κ3) is 4.63. The van der Waals surface area contributed by atoms with E-state index in [-0.39, 0.29) is 5.54 Å². The van der Waals surface area contributed by atoms with Crippen LogP contribution in [0.4, 0.5) is 0 Å². The van der Waals surface area contributed by atoms with Crippen LogP contribution in [-0.2, 0) is 4.74 Å². The summed E-state index contributed by atoms with van der Waals surface area (Å²) in [4.78, 5) is 4.76. The van der Waals surface area contributed by atoms with Gasteiger partial charge in [0.1, 0.15) is 5.54 Å². The molecule has 0 aromatic rings. The molecule has 17 heavy (non-hydrogen) atoms. The monoisotopic (exact) mass is 239 g/mol. The Balaban J connectivity index is 2.20. The number of hydrogen-bond donors (Lipinski definition) is 0. The lowest BCUT2D eigenvalue weighted by Gasteiger charge is -2.40. The van der Waals surface area contributed by atoms with Crippen molar-refractivity contribution in [1.82, 2.24) is 9.80 Å². The number of methoxy groups -OCH3 is 1. The van der Waals surface area contributed by atoms with Crippen molar-refractivity contribution in [2.45, 2.75) is 32.2 Å². The van der Waals surface area contributed by atoms with Gasteiger partial charge in [-0.15, -0.1) is 0 Å². The number of rotatable bonds is 6. The lowest BCUT2D eigenvalue weighted by molar-refractivity contribution is 0.0777. The highest BCUT2D eigenvalue weighted by Crippen LogP contribution is 2.15. The van der Waals surface area contributed by atoms with Gasteiger partial charge in [0.05, 0.1) is 6.07 Å². The zero-order valence-electron chi connectivity index (χ0n) is 11.4. The molecule has 0 aromatic heterocycles. The Morgan fingerprint density at radius 1 is 1.18 bits per heavy atom. The lowest BCUT2D eigenvalue weighted by atomic mass is 10.0. The molecular weight excluding hydrogens is 214 g/mol. The summed E-state index contributed by atoms with van der Waals surface area (Å²) in [5.74, 6) is 0. The van der Waals surface area contributed by atoms with Gasteiger partial charge in [-0.05, 0) is 33.2 Å². The van der Waals surface area contributed by atoms with Gasteiger partial charge in [-0.2, -0.15) is 5.26 Å². The second kappa shape index (κ2) is 6.95. The highest BCUT2D eigenvalue weighted by molar-refractivity contribution is 5.02. The molecule has 0 aromatic carbocycles. The summed E-state index contributed by atoms with van der Waals surface area (Å²) in [6.45, 7) is 10.2. The van der Waals surface area contributed by atoms with Gasteiger partial charge in [-0.3, -0.25) is 4.90 Å². The molecule has 1 aliphatic rings. The molecule has 0 radical (unpaired) electrons. The summed E-state index contributed by atoms with van der Waals surface area (Å²) in [7, 11) is 1.75. The molecule has 98 valence electrons. The van der Waals surface area contributed by atoms with Crippen molar-refractivity contribution in [3.05, 3.63) is 0 Å². The quantitative estimate of drug-likeness (QED) is 0.656. The van der Waals surface area contributed by atoms with Gasteiger partial charge >= 0.3 is 0 Å². The van der Waals surface area contributed by atoms with Crippen LogP contribution in [0, 0.1) is 11.3 Å². The number of nitrogens with zero attached hydrogens (tertiary/aromatic N) is 3. The van der Waals surface area contributed by atoms with Gasteiger partial charge in [0.2, 0.25) is 0 Å². The fraction of sp³-hybridized carbons (Fsp3) is 0.923. The molecule has 1 fully saturated rings. The summed E-state index contributed by atoms with van der Waals surface area (Å²) in [5.41, 5.74) is -0.317. The van der Waals surface area contributed by atoms with E-state index < -0.39 is 0 Å². The normalized spacial score (nSPS) is 19.2. The Morgan fingerprint density at radius 2 is 1.82 bits per heavy atom. The fourth-order valence-corrected chi connectivity index (χ4v) is 2.18. The van der Waals surface area contributed by atoms with Crippen molar-refractivity contribution in [1.29, 1.82) is 5.26 Å². The van der Waals surface area contributed by atoms with Crippen LogP contribution in [0.15, 0.2) is 0 Å². The van der Waals surface area contributed by atoms with Crippen LogP contribution in [0.25, 0.3) is 0 Å². The van der Waals surface area contributed by atoms with Crippen molar-refractivity contribution < 1.29 is 4.74 Å². The number of unbranched alkanes of at least 4 members (excludes halogenated alkanes) is 1. The van der Waals surface area contributed by atoms with E-state index in [2.05, 4.69) is 15.9 Å². The van der Waals surface area contributed by atoms with E-state index in [0.717, 1.165) is 45.8 Å². The van der Waals surface area contributed by atoms with Crippen LogP contribution in [0.1, 0.15) is 26.7 Å². The summed E-state index contributed by atoms with van der Waals surface area (Å²) in [6, 6.07) is 2.38. The van der Waals surface area contributed by atoms with Crippen molar-refractivity contribution in [2.75, 3.05) is 46.4 Å². The minimum Gasteiger partial charge on any atom is -0.385 e. The molecule has 0 amide bonds. The van der Waals surface area contributed by atoms with Gasteiger partial charge in [0, 0.05) is 39.9 Å². The Kier molecular flexibility index (Phi) is 5.90. The van der Waals surface area contributed by atoms with Crippen LogP contribution in [-0.4, -0.2) is 61.8 Å². The van der Waals surface area contributed by atoms with Gasteiger partial charge in [0.25, 0.3) is 0 Å². The molecule has 0 unspecified atom stereocenters. The van der Waals surface area contributed by atoms with Gasteiger partial charge in [-0.25, -0.2) is 0 Å². The Hall–Kier alpha value is -0.630. The largest absolute Gasteiger partial charge is 0.385 e. The fourth-order valence-electron chi connectivity index (χ4n) is 2.18. The number of piperazine rings is 1. The standard InChI is InChI=1S/C13H25N3O/c1-13(2,12-14)16-9-7-15(8-10-16)6-4-5-11-17-3/h4-11H2,1-3H3. The number of hydrogen-bond acceptors (Lipinski definition) is 4. The van der Waals surface area contributed by atoms with Crippen molar-refractivity contribution in [3.63, 3.8) is 0 Å². The van der Waals surface area contributed by atoms with Gasteiger partial charge < -0.3 is 9.64 Å². The molecule has 0 spiro atoms. The van der Waals surface area contributed by atoms with E-state index in [1.165, 1.54) is 6.42 Å². The first-order valence-electron chi connectivity index (χ1n) is 6.48. The van der Waals surface area contributed by atoms with Crippen LogP contribution < -0.4 is 0 Å². The second-order valence-electron chi connectivity index (χ2n) is 5.20. The van der Waals surface area contributed by atoms with Gasteiger partial charge in [-0.1, -0.05) is 0 Å². The topological polar surface area (TPSA) is 39.5 Å². The van der Waals surface area contributed by atoms with Crippen molar-refractivity contribution in [2.24, 2.45) is 0 Å². The van der Waals surface area contributed by atoms with E-state index in [1.807, 2.05) is 13.8 Å². The maximum atomic E-state index is 9.09. The average molecular weight is 239 g/mol. The molecule has 0 bridgehead atoms. The number of ether oxygens (including phenoxy) is 1. The van der Waals surface area contributed by atoms with E-state index >= 15 is 0 Å². The molecule has 1 saturated heterocycles. The lowest BCUT2D eigenvalue weighted by Crippen LogP contribution is -2.54. The first-order valence-corrected chi connectivity index (χ1v) is 6.48. The summed E-state index contributed by atoms with van der Waals surface area (Å²) < 4.78 is 5.04. The van der Waals surface area contributed by atoms with Crippen LogP contribution >= 0.6 is 0 Å². The summed E-state index contributed by atoms with van der Waals surface area (Å²) in [6.07, 6.45) is 2.34. The van der Waals surface area contributed by atoms with Crippen molar-refractivity contribution in [3.8, 4) is 6.07 Å². The molecule has 0 atom stereocenters. The molecular formula is C13H25N3O. The number of nitriles is 1.